The van der Waals surface area contributed by atoms with E-state index in [0.29, 0.717) is 11.3 Å². The summed E-state index contributed by atoms with van der Waals surface area (Å²) in [5.41, 5.74) is 1.91. The van der Waals surface area contributed by atoms with Crippen LogP contribution in [0, 0.1) is 5.92 Å². The maximum atomic E-state index is 12.0. The van der Waals surface area contributed by atoms with Crippen LogP contribution in [0.1, 0.15) is 22.3 Å². The molecule has 1 fully saturated rings. The lowest BCUT2D eigenvalue weighted by Gasteiger charge is -2.16. The van der Waals surface area contributed by atoms with Crippen molar-refractivity contribution in [3.05, 3.63) is 29.3 Å². The number of carbonyl (C=O) groups is 3. The van der Waals surface area contributed by atoms with Gasteiger partial charge in [-0.15, -0.1) is 0 Å². The van der Waals surface area contributed by atoms with E-state index >= 15 is 0 Å². The topological polar surface area (TPSA) is 72.9 Å². The zero-order valence-electron chi connectivity index (χ0n) is 10.9. The monoisotopic (exact) mass is 275 g/mol. The van der Waals surface area contributed by atoms with Gasteiger partial charge >= 0.3 is 11.9 Å². The SMILES string of the molecule is COC(=O)C1CC(=O)N(c2ccc3c(c2)C(=O)OC3)C1. The number of ether oxygens (including phenoxy) is 2. The molecule has 0 spiro atoms. The molecule has 0 bridgehead atoms. The summed E-state index contributed by atoms with van der Waals surface area (Å²) >= 11 is 0. The Labute approximate surface area is 115 Å². The minimum Gasteiger partial charge on any atom is -0.469 e. The highest BCUT2D eigenvalue weighted by Gasteiger charge is 2.36. The lowest BCUT2D eigenvalue weighted by molar-refractivity contribution is -0.145. The first-order valence-corrected chi connectivity index (χ1v) is 6.28. The number of methoxy groups -OCH3 is 1. The van der Waals surface area contributed by atoms with E-state index in [9.17, 15) is 14.4 Å². The minimum atomic E-state index is -0.451. The van der Waals surface area contributed by atoms with Crippen LogP contribution < -0.4 is 4.90 Å². The van der Waals surface area contributed by atoms with Gasteiger partial charge in [0.1, 0.15) is 6.61 Å². The molecule has 2 aliphatic heterocycles. The molecule has 1 unspecified atom stereocenters. The number of anilines is 1. The minimum absolute atomic E-state index is 0.133. The number of fused-ring (bicyclic) bond motifs is 1. The van der Waals surface area contributed by atoms with Gasteiger partial charge in [-0.2, -0.15) is 0 Å². The largest absolute Gasteiger partial charge is 0.469 e. The normalized spacial score (nSPS) is 20.9. The third-order valence-electron chi connectivity index (χ3n) is 3.64. The lowest BCUT2D eigenvalue weighted by atomic mass is 10.1. The van der Waals surface area contributed by atoms with Gasteiger partial charge in [0.25, 0.3) is 0 Å². The van der Waals surface area contributed by atoms with Crippen LogP contribution in [-0.4, -0.2) is 31.5 Å². The second-order valence-electron chi connectivity index (χ2n) is 4.85. The predicted octanol–water partition coefficient (Wildman–Crippen LogP) is 0.883. The number of carbonyl (C=O) groups excluding carboxylic acids is 3. The van der Waals surface area contributed by atoms with Gasteiger partial charge in [0.05, 0.1) is 18.6 Å². The molecule has 1 atom stereocenters. The van der Waals surface area contributed by atoms with E-state index in [4.69, 9.17) is 4.74 Å². The third-order valence-corrected chi connectivity index (χ3v) is 3.64. The average Bonchev–Trinajstić information content (AvgIpc) is 3.02. The van der Waals surface area contributed by atoms with Crippen LogP contribution in [0.25, 0.3) is 0 Å². The molecular weight excluding hydrogens is 262 g/mol. The molecule has 1 aromatic carbocycles. The highest BCUT2D eigenvalue weighted by atomic mass is 16.5. The predicted molar refractivity (Wildman–Crippen MR) is 68.0 cm³/mol. The number of nitrogens with zero attached hydrogens (tertiary/aromatic N) is 1. The molecule has 1 amide bonds. The molecule has 20 heavy (non-hydrogen) atoms. The maximum absolute atomic E-state index is 12.0. The maximum Gasteiger partial charge on any atom is 0.338 e. The molecule has 0 aromatic heterocycles. The highest BCUT2D eigenvalue weighted by Crippen LogP contribution is 2.30. The number of rotatable bonds is 2. The Morgan fingerprint density at radius 1 is 1.40 bits per heavy atom. The smallest absolute Gasteiger partial charge is 0.338 e. The van der Waals surface area contributed by atoms with Crippen LogP contribution in [-0.2, 0) is 25.7 Å². The quantitative estimate of drug-likeness (QED) is 0.749. The second-order valence-corrected chi connectivity index (χ2v) is 4.85. The van der Waals surface area contributed by atoms with Crippen molar-refractivity contribution >= 4 is 23.5 Å². The Morgan fingerprint density at radius 2 is 2.20 bits per heavy atom. The molecule has 6 nitrogen and oxygen atoms in total. The summed E-state index contributed by atoms with van der Waals surface area (Å²) < 4.78 is 9.59. The molecule has 6 heteroatoms. The Hall–Kier alpha value is -2.37. The fraction of sp³-hybridized carbons (Fsp3) is 0.357. The van der Waals surface area contributed by atoms with Crippen molar-refractivity contribution < 1.29 is 23.9 Å². The summed E-state index contributed by atoms with van der Waals surface area (Å²) in [4.78, 5) is 36.5. The highest BCUT2D eigenvalue weighted by molar-refractivity contribution is 6.01. The van der Waals surface area contributed by atoms with E-state index in [1.165, 1.54) is 12.0 Å². The molecule has 1 saturated heterocycles. The number of benzene rings is 1. The molecular formula is C14H13NO5. The summed E-state index contributed by atoms with van der Waals surface area (Å²) in [6, 6.07) is 5.18. The number of hydrogen-bond acceptors (Lipinski definition) is 5. The van der Waals surface area contributed by atoms with Crippen LogP contribution >= 0.6 is 0 Å². The molecule has 0 saturated carbocycles. The van der Waals surface area contributed by atoms with Crippen LogP contribution in [0.2, 0.25) is 0 Å². The van der Waals surface area contributed by atoms with Gasteiger partial charge < -0.3 is 14.4 Å². The fourth-order valence-electron chi connectivity index (χ4n) is 2.55. The first-order valence-electron chi connectivity index (χ1n) is 6.28. The van der Waals surface area contributed by atoms with Crippen molar-refractivity contribution in [3.8, 4) is 0 Å². The zero-order valence-corrected chi connectivity index (χ0v) is 10.9. The molecule has 2 heterocycles. The summed E-state index contributed by atoms with van der Waals surface area (Å²) in [6.07, 6.45) is 0.133. The van der Waals surface area contributed by atoms with E-state index in [0.717, 1.165) is 5.56 Å². The fourth-order valence-corrected chi connectivity index (χ4v) is 2.55. The Morgan fingerprint density at radius 3 is 2.95 bits per heavy atom. The average molecular weight is 275 g/mol. The van der Waals surface area contributed by atoms with Crippen molar-refractivity contribution in [3.63, 3.8) is 0 Å². The number of amides is 1. The van der Waals surface area contributed by atoms with Gasteiger partial charge in [0.15, 0.2) is 0 Å². The van der Waals surface area contributed by atoms with Crippen LogP contribution in [0.3, 0.4) is 0 Å². The molecule has 0 N–H and O–H groups in total. The standard InChI is InChI=1S/C14H13NO5/c1-19-13(17)9-4-12(16)15(6-9)10-3-2-8-7-20-14(18)11(8)5-10/h2-3,5,9H,4,6-7H2,1H3. The van der Waals surface area contributed by atoms with Gasteiger partial charge in [-0.3, -0.25) is 9.59 Å². The molecule has 104 valence electrons. The Balaban J connectivity index is 1.87. The summed E-state index contributed by atoms with van der Waals surface area (Å²) in [6.45, 7) is 0.548. The molecule has 0 radical (unpaired) electrons. The second kappa shape index (κ2) is 4.63. The van der Waals surface area contributed by atoms with E-state index in [1.54, 1.807) is 18.2 Å². The Bertz CT molecular complexity index is 610. The van der Waals surface area contributed by atoms with E-state index < -0.39 is 5.92 Å². The molecule has 1 aromatic rings. The number of hydrogen-bond donors (Lipinski definition) is 0. The van der Waals surface area contributed by atoms with Crippen LogP contribution in [0.15, 0.2) is 18.2 Å². The summed E-state index contributed by atoms with van der Waals surface area (Å²) in [7, 11) is 1.31. The lowest BCUT2D eigenvalue weighted by Crippen LogP contribution is -2.26. The van der Waals surface area contributed by atoms with Crippen molar-refractivity contribution in [2.24, 2.45) is 5.92 Å². The van der Waals surface area contributed by atoms with Gasteiger partial charge in [-0.25, -0.2) is 4.79 Å². The van der Waals surface area contributed by atoms with E-state index in [-0.39, 0.29) is 37.4 Å². The van der Waals surface area contributed by atoms with Crippen molar-refractivity contribution in [2.75, 3.05) is 18.6 Å². The zero-order chi connectivity index (χ0) is 14.3. The summed E-state index contributed by atoms with van der Waals surface area (Å²) in [5.74, 6) is -1.36. The first-order chi connectivity index (χ1) is 9.60. The van der Waals surface area contributed by atoms with Gasteiger partial charge in [-0.1, -0.05) is 6.07 Å². The van der Waals surface area contributed by atoms with E-state index in [2.05, 4.69) is 4.74 Å². The Kier molecular flexibility index (Phi) is 2.93. The number of esters is 2. The molecule has 2 aliphatic rings. The van der Waals surface area contributed by atoms with Gasteiger partial charge in [-0.05, 0) is 12.1 Å². The first kappa shape index (κ1) is 12.7. The van der Waals surface area contributed by atoms with Crippen LogP contribution in [0.4, 0.5) is 5.69 Å². The van der Waals surface area contributed by atoms with Crippen LogP contribution in [0.5, 0.6) is 0 Å². The molecule has 0 aliphatic carbocycles. The van der Waals surface area contributed by atoms with Gasteiger partial charge in [0, 0.05) is 24.2 Å². The number of cyclic esters (lactones) is 1. The summed E-state index contributed by atoms with van der Waals surface area (Å²) in [5, 5.41) is 0. The van der Waals surface area contributed by atoms with Gasteiger partial charge in [0.2, 0.25) is 5.91 Å². The van der Waals surface area contributed by atoms with Crippen molar-refractivity contribution in [1.29, 1.82) is 0 Å². The van der Waals surface area contributed by atoms with E-state index in [1.807, 2.05) is 0 Å². The molecule has 3 rings (SSSR count). The van der Waals surface area contributed by atoms with Crippen molar-refractivity contribution in [2.45, 2.75) is 13.0 Å². The third kappa shape index (κ3) is 1.93. The van der Waals surface area contributed by atoms with Crippen molar-refractivity contribution in [1.82, 2.24) is 0 Å².